The van der Waals surface area contributed by atoms with Crippen LogP contribution in [0.5, 0.6) is 5.75 Å². The molecule has 4 N–H and O–H groups in total. The van der Waals surface area contributed by atoms with Gasteiger partial charge >= 0.3 is 0 Å². The zero-order chi connectivity index (χ0) is 13.9. The van der Waals surface area contributed by atoms with E-state index in [0.29, 0.717) is 23.8 Å². The third-order valence-corrected chi connectivity index (χ3v) is 4.77. The van der Waals surface area contributed by atoms with E-state index in [4.69, 9.17) is 10.6 Å². The van der Waals surface area contributed by atoms with Gasteiger partial charge in [-0.1, -0.05) is 0 Å². The lowest BCUT2D eigenvalue weighted by Crippen LogP contribution is -2.35. The number of nitrogen functional groups attached to an aromatic ring is 1. The number of rotatable bonds is 4. The topological polar surface area (TPSA) is 119 Å². The molecular formula is C10H17N5O3S. The van der Waals surface area contributed by atoms with Gasteiger partial charge in [-0.15, -0.1) is 0 Å². The number of hydrogen-bond donors (Lipinski definition) is 3. The van der Waals surface area contributed by atoms with E-state index in [1.54, 1.807) is 0 Å². The van der Waals surface area contributed by atoms with Gasteiger partial charge in [0.25, 0.3) is 0 Å². The van der Waals surface area contributed by atoms with Crippen molar-refractivity contribution in [3.8, 4) is 5.75 Å². The first-order valence-corrected chi connectivity index (χ1v) is 7.70. The lowest BCUT2D eigenvalue weighted by molar-refractivity contribution is 0.414. The summed E-state index contributed by atoms with van der Waals surface area (Å²) in [7, 11) is -1.50. The molecule has 1 aliphatic rings. The lowest BCUT2D eigenvalue weighted by atomic mass is 10.2. The number of methoxy groups -OCH3 is 1. The Bertz CT molecular complexity index is 548. The fourth-order valence-corrected chi connectivity index (χ4v) is 3.74. The zero-order valence-corrected chi connectivity index (χ0v) is 11.4. The Hall–Kier alpha value is -1.61. The van der Waals surface area contributed by atoms with Gasteiger partial charge in [-0.25, -0.2) is 24.2 Å². The van der Waals surface area contributed by atoms with E-state index in [2.05, 4.69) is 20.7 Å². The van der Waals surface area contributed by atoms with Gasteiger partial charge in [0.2, 0.25) is 5.75 Å². The molecule has 0 saturated carbocycles. The van der Waals surface area contributed by atoms with Crippen LogP contribution in [-0.2, 0) is 9.84 Å². The molecule has 1 aromatic rings. The average Bonchev–Trinajstić information content (AvgIpc) is 2.37. The predicted octanol–water partition coefficient (Wildman–Crippen LogP) is -0.240. The summed E-state index contributed by atoms with van der Waals surface area (Å²) < 4.78 is 28.4. The number of nitrogens with two attached hydrogens (primary N) is 1. The zero-order valence-electron chi connectivity index (χ0n) is 10.6. The summed E-state index contributed by atoms with van der Waals surface area (Å²) in [6.07, 6.45) is 2.75. The molecule has 0 aliphatic carbocycles. The van der Waals surface area contributed by atoms with Crippen LogP contribution in [0.15, 0.2) is 6.33 Å². The van der Waals surface area contributed by atoms with Crippen LogP contribution >= 0.6 is 0 Å². The summed E-state index contributed by atoms with van der Waals surface area (Å²) in [4.78, 5) is 7.98. The van der Waals surface area contributed by atoms with Gasteiger partial charge in [-0.2, -0.15) is 0 Å². The van der Waals surface area contributed by atoms with Crippen molar-refractivity contribution in [2.75, 3.05) is 29.4 Å². The van der Waals surface area contributed by atoms with Gasteiger partial charge in [0, 0.05) is 6.04 Å². The molecule has 106 valence electrons. The fraction of sp³-hybridized carbons (Fsp3) is 0.600. The Morgan fingerprint density at radius 1 is 1.42 bits per heavy atom. The first kappa shape index (κ1) is 13.8. The number of nitrogens with one attached hydrogen (secondary N) is 2. The highest BCUT2D eigenvalue weighted by Crippen LogP contribution is 2.29. The van der Waals surface area contributed by atoms with Crippen molar-refractivity contribution in [1.29, 1.82) is 0 Å². The Kier molecular flexibility index (Phi) is 4.05. The van der Waals surface area contributed by atoms with E-state index < -0.39 is 9.84 Å². The maximum atomic E-state index is 11.6. The Morgan fingerprint density at radius 3 is 2.79 bits per heavy atom. The predicted molar refractivity (Wildman–Crippen MR) is 71.7 cm³/mol. The van der Waals surface area contributed by atoms with Crippen LogP contribution in [-0.4, -0.2) is 43.0 Å². The molecule has 8 nitrogen and oxygen atoms in total. The highest BCUT2D eigenvalue weighted by atomic mass is 32.2. The molecule has 1 aliphatic heterocycles. The van der Waals surface area contributed by atoms with Crippen LogP contribution in [0.1, 0.15) is 12.8 Å². The number of anilines is 2. The Labute approximate surface area is 111 Å². The monoisotopic (exact) mass is 287 g/mol. The van der Waals surface area contributed by atoms with Crippen molar-refractivity contribution < 1.29 is 13.2 Å². The molecular weight excluding hydrogens is 270 g/mol. The standard InChI is InChI=1S/C10H17N5O3S/c1-18-8-9(12-6-13-10(8)15-11)14-7-3-2-4-19(16,17)5-7/h6-7H,2-5,11H2,1H3,(H2,12,13,14,15). The number of nitrogens with zero attached hydrogens (tertiary/aromatic N) is 2. The summed E-state index contributed by atoms with van der Waals surface area (Å²) >= 11 is 0. The van der Waals surface area contributed by atoms with Crippen molar-refractivity contribution in [1.82, 2.24) is 9.97 Å². The quantitative estimate of drug-likeness (QED) is 0.513. The third kappa shape index (κ3) is 3.24. The second kappa shape index (κ2) is 5.57. The lowest BCUT2D eigenvalue weighted by Gasteiger charge is -2.24. The molecule has 0 spiro atoms. The van der Waals surface area contributed by atoms with E-state index in [9.17, 15) is 8.42 Å². The van der Waals surface area contributed by atoms with Gasteiger partial charge in [0.05, 0.1) is 18.6 Å². The summed E-state index contributed by atoms with van der Waals surface area (Å²) in [5.74, 6) is 6.83. The smallest absolute Gasteiger partial charge is 0.205 e. The maximum Gasteiger partial charge on any atom is 0.205 e. The van der Waals surface area contributed by atoms with Gasteiger partial charge in [0.15, 0.2) is 21.5 Å². The van der Waals surface area contributed by atoms with Crippen LogP contribution in [0.2, 0.25) is 0 Å². The van der Waals surface area contributed by atoms with Gasteiger partial charge in [-0.3, -0.25) is 0 Å². The molecule has 0 amide bonds. The minimum atomic E-state index is -2.97. The molecule has 19 heavy (non-hydrogen) atoms. The number of ether oxygens (including phenoxy) is 1. The van der Waals surface area contributed by atoms with Crippen LogP contribution in [0.25, 0.3) is 0 Å². The molecule has 1 saturated heterocycles. The largest absolute Gasteiger partial charge is 0.490 e. The van der Waals surface area contributed by atoms with Crippen molar-refractivity contribution in [2.45, 2.75) is 18.9 Å². The van der Waals surface area contributed by atoms with Crippen molar-refractivity contribution in [2.24, 2.45) is 5.84 Å². The fourth-order valence-electron chi connectivity index (χ4n) is 2.10. The van der Waals surface area contributed by atoms with Crippen LogP contribution in [0.3, 0.4) is 0 Å². The van der Waals surface area contributed by atoms with Crippen molar-refractivity contribution in [3.63, 3.8) is 0 Å². The molecule has 1 unspecified atom stereocenters. The minimum Gasteiger partial charge on any atom is -0.490 e. The van der Waals surface area contributed by atoms with Crippen molar-refractivity contribution >= 4 is 21.5 Å². The van der Waals surface area contributed by atoms with Crippen LogP contribution in [0, 0.1) is 0 Å². The number of hydrogen-bond acceptors (Lipinski definition) is 8. The van der Waals surface area contributed by atoms with E-state index in [-0.39, 0.29) is 17.5 Å². The Balaban J connectivity index is 2.19. The molecule has 1 aromatic heterocycles. The summed E-state index contributed by atoms with van der Waals surface area (Å²) in [5, 5.41) is 3.08. The second-order valence-electron chi connectivity index (χ2n) is 4.35. The average molecular weight is 287 g/mol. The molecule has 0 bridgehead atoms. The van der Waals surface area contributed by atoms with E-state index in [0.717, 1.165) is 6.42 Å². The molecule has 1 atom stereocenters. The summed E-state index contributed by atoms with van der Waals surface area (Å²) in [6.45, 7) is 0. The number of aromatic nitrogens is 2. The summed E-state index contributed by atoms with van der Waals surface area (Å²) in [5.41, 5.74) is 2.41. The van der Waals surface area contributed by atoms with Gasteiger partial charge < -0.3 is 15.5 Å². The molecule has 2 heterocycles. The van der Waals surface area contributed by atoms with E-state index >= 15 is 0 Å². The van der Waals surface area contributed by atoms with Crippen LogP contribution in [0.4, 0.5) is 11.6 Å². The second-order valence-corrected chi connectivity index (χ2v) is 6.58. The van der Waals surface area contributed by atoms with Gasteiger partial charge in [-0.05, 0) is 12.8 Å². The third-order valence-electron chi connectivity index (χ3n) is 2.95. The molecule has 2 rings (SSSR count). The highest BCUT2D eigenvalue weighted by Gasteiger charge is 2.26. The number of sulfone groups is 1. The summed E-state index contributed by atoms with van der Waals surface area (Å²) in [6, 6.07) is -0.173. The molecule has 0 aromatic carbocycles. The first-order chi connectivity index (χ1) is 9.05. The van der Waals surface area contributed by atoms with Crippen LogP contribution < -0.4 is 21.3 Å². The van der Waals surface area contributed by atoms with E-state index in [1.165, 1.54) is 13.4 Å². The molecule has 1 fully saturated rings. The van der Waals surface area contributed by atoms with Gasteiger partial charge in [0.1, 0.15) is 6.33 Å². The van der Waals surface area contributed by atoms with E-state index in [1.807, 2.05) is 0 Å². The Morgan fingerprint density at radius 2 is 2.16 bits per heavy atom. The normalized spacial score (nSPS) is 21.7. The molecule has 9 heteroatoms. The SMILES string of the molecule is COc1c(NN)ncnc1NC1CCCS(=O)(=O)C1. The minimum absolute atomic E-state index is 0.103. The molecule has 0 radical (unpaired) electrons. The van der Waals surface area contributed by atoms with Crippen molar-refractivity contribution in [3.05, 3.63) is 6.33 Å². The maximum absolute atomic E-state index is 11.6. The first-order valence-electron chi connectivity index (χ1n) is 5.88. The highest BCUT2D eigenvalue weighted by molar-refractivity contribution is 7.91. The number of hydrazine groups is 1.